The fraction of sp³-hybridized carbons (Fsp3) is 0.321. The normalized spacial score (nSPS) is 12.2. The highest BCUT2D eigenvalue weighted by Gasteiger charge is 2.22. The minimum Gasteiger partial charge on any atom is -0.497 e. The van der Waals surface area contributed by atoms with Crippen molar-refractivity contribution in [3.05, 3.63) is 77.6 Å². The lowest BCUT2D eigenvalue weighted by Gasteiger charge is -2.25. The smallest absolute Gasteiger partial charge is 0.257 e. The Kier molecular flexibility index (Phi) is 8.42. The molecule has 1 unspecified atom stereocenters. The number of nitrogens with zero attached hydrogens (tertiary/aromatic N) is 7. The number of hydrogen-bond donors (Lipinski definition) is 0. The number of benzene rings is 2. The van der Waals surface area contributed by atoms with E-state index in [1.54, 1.807) is 14.2 Å². The minimum absolute atomic E-state index is 0.101. The molecule has 0 aliphatic rings. The summed E-state index contributed by atoms with van der Waals surface area (Å²) in [6.07, 6.45) is 0. The van der Waals surface area contributed by atoms with Gasteiger partial charge in [-0.3, -0.25) is 9.58 Å². The number of aromatic nitrogens is 6. The number of hydrogen-bond acceptors (Lipinski definition) is 10. The first-order valence-corrected chi connectivity index (χ1v) is 13.2. The van der Waals surface area contributed by atoms with Gasteiger partial charge in [0.25, 0.3) is 11.8 Å². The van der Waals surface area contributed by atoms with E-state index in [2.05, 4.69) is 30.3 Å². The second-order valence-electron chi connectivity index (χ2n) is 9.34. The summed E-state index contributed by atoms with van der Waals surface area (Å²) < 4.78 is 23.6. The molecule has 3 aromatic heterocycles. The van der Waals surface area contributed by atoms with Crippen LogP contribution in [0.3, 0.4) is 0 Å². The summed E-state index contributed by atoms with van der Waals surface area (Å²) in [5.41, 5.74) is 3.57. The van der Waals surface area contributed by atoms with Crippen molar-refractivity contribution in [3.8, 4) is 34.4 Å². The Morgan fingerprint density at radius 2 is 1.32 bits per heavy atom. The van der Waals surface area contributed by atoms with E-state index in [9.17, 15) is 0 Å². The fourth-order valence-corrected chi connectivity index (χ4v) is 4.66. The predicted molar refractivity (Wildman–Crippen MR) is 148 cm³/mol. The molecule has 12 heteroatoms. The Balaban J connectivity index is 1.37. The minimum atomic E-state index is -0.101. The first-order chi connectivity index (χ1) is 19.4. The molecule has 0 amide bonds. The van der Waals surface area contributed by atoms with E-state index < -0.39 is 0 Å². The van der Waals surface area contributed by atoms with Crippen LogP contribution in [0.15, 0.2) is 63.6 Å². The fourth-order valence-electron chi connectivity index (χ4n) is 4.43. The van der Waals surface area contributed by atoms with Crippen LogP contribution in [0.4, 0.5) is 0 Å². The Morgan fingerprint density at radius 1 is 0.825 bits per heavy atom. The van der Waals surface area contributed by atoms with E-state index in [0.717, 1.165) is 34.0 Å². The molecule has 1 atom stereocenters. The summed E-state index contributed by atoms with van der Waals surface area (Å²) in [4.78, 5) is 11.4. The third kappa shape index (κ3) is 6.32. The molecule has 0 aliphatic heterocycles. The highest BCUT2D eigenvalue weighted by molar-refractivity contribution is 6.18. The number of halogens is 1. The molecule has 0 saturated heterocycles. The van der Waals surface area contributed by atoms with Crippen LogP contribution in [-0.4, -0.2) is 61.6 Å². The van der Waals surface area contributed by atoms with E-state index in [-0.39, 0.29) is 6.04 Å². The highest BCUT2D eigenvalue weighted by atomic mass is 35.5. The summed E-state index contributed by atoms with van der Waals surface area (Å²) in [6.45, 7) is 5.28. The quantitative estimate of drug-likeness (QED) is 0.190. The van der Waals surface area contributed by atoms with Crippen LogP contribution in [0.25, 0.3) is 22.9 Å². The van der Waals surface area contributed by atoms with Crippen molar-refractivity contribution in [2.45, 2.75) is 33.0 Å². The zero-order chi connectivity index (χ0) is 28.1. The number of rotatable bonds is 12. The number of aryl methyl sites for hydroxylation is 2. The van der Waals surface area contributed by atoms with Gasteiger partial charge in [0.1, 0.15) is 11.5 Å². The van der Waals surface area contributed by atoms with Gasteiger partial charge in [0, 0.05) is 29.2 Å². The molecule has 0 N–H and O–H groups in total. The van der Waals surface area contributed by atoms with Gasteiger partial charge < -0.3 is 18.5 Å². The van der Waals surface area contributed by atoms with Gasteiger partial charge >= 0.3 is 0 Å². The third-order valence-electron chi connectivity index (χ3n) is 6.38. The zero-order valence-electron chi connectivity index (χ0n) is 22.7. The van der Waals surface area contributed by atoms with Gasteiger partial charge in [0.15, 0.2) is 11.6 Å². The molecule has 2 aromatic carbocycles. The van der Waals surface area contributed by atoms with Crippen molar-refractivity contribution >= 4 is 11.6 Å². The third-order valence-corrected chi connectivity index (χ3v) is 6.73. The molecule has 5 aromatic rings. The van der Waals surface area contributed by atoms with Gasteiger partial charge in [0.05, 0.1) is 39.0 Å². The van der Waals surface area contributed by atoms with Crippen LogP contribution in [0.1, 0.15) is 29.1 Å². The van der Waals surface area contributed by atoms with Crippen LogP contribution in [0.5, 0.6) is 11.5 Å². The van der Waals surface area contributed by atoms with Crippen molar-refractivity contribution in [1.29, 1.82) is 0 Å². The Bertz CT molecular complexity index is 1440. The largest absolute Gasteiger partial charge is 0.497 e. The van der Waals surface area contributed by atoms with E-state index in [1.165, 1.54) is 0 Å². The van der Waals surface area contributed by atoms with E-state index in [0.29, 0.717) is 48.9 Å². The lowest BCUT2D eigenvalue weighted by atomic mass is 10.2. The summed E-state index contributed by atoms with van der Waals surface area (Å²) >= 11 is 6.44. The zero-order valence-corrected chi connectivity index (χ0v) is 23.5. The average Bonchev–Trinajstić information content (AvgIpc) is 3.72. The van der Waals surface area contributed by atoms with Crippen molar-refractivity contribution in [2.75, 3.05) is 26.6 Å². The van der Waals surface area contributed by atoms with Gasteiger partial charge in [-0.25, -0.2) is 0 Å². The highest BCUT2D eigenvalue weighted by Crippen LogP contribution is 2.24. The molecule has 0 saturated carbocycles. The molecular formula is C28H30ClN7O4. The predicted octanol–water partition coefficient (Wildman–Crippen LogP) is 5.10. The summed E-state index contributed by atoms with van der Waals surface area (Å²) in [6, 6.07) is 16.8. The summed E-state index contributed by atoms with van der Waals surface area (Å²) in [5.74, 6) is 3.75. The molecule has 3 heterocycles. The van der Waals surface area contributed by atoms with Crippen LogP contribution in [0.2, 0.25) is 0 Å². The molecule has 0 aliphatic carbocycles. The van der Waals surface area contributed by atoms with Gasteiger partial charge in [0.2, 0.25) is 0 Å². The lowest BCUT2D eigenvalue weighted by Crippen LogP contribution is -2.33. The number of methoxy groups -OCH3 is 2. The van der Waals surface area contributed by atoms with Crippen molar-refractivity contribution < 1.29 is 18.5 Å². The molecule has 40 heavy (non-hydrogen) atoms. The molecule has 0 radical (unpaired) electrons. The van der Waals surface area contributed by atoms with Gasteiger partial charge in [-0.05, 0) is 68.4 Å². The maximum absolute atomic E-state index is 6.44. The number of ether oxygens (including phenoxy) is 2. The van der Waals surface area contributed by atoms with Crippen molar-refractivity contribution in [1.82, 2.24) is 35.0 Å². The van der Waals surface area contributed by atoms with Crippen molar-refractivity contribution in [2.24, 2.45) is 0 Å². The Morgan fingerprint density at radius 3 is 1.73 bits per heavy atom. The average molecular weight is 564 g/mol. The van der Waals surface area contributed by atoms with Gasteiger partial charge in [-0.15, -0.1) is 11.6 Å². The second-order valence-corrected chi connectivity index (χ2v) is 9.65. The Hall–Kier alpha value is -4.22. The molecule has 11 nitrogen and oxygen atoms in total. The second kappa shape index (κ2) is 12.3. The standard InChI is InChI=1S/C28H30ClN7O4/c1-18-13-19(2)36(32-18)22(14-29)15-35(16-25-30-27(39-33-25)20-5-9-23(37-3)10-6-20)17-26-31-28(40-34-26)21-7-11-24(38-4)12-8-21/h5-13,22H,14-17H2,1-4H3. The maximum atomic E-state index is 6.44. The SMILES string of the molecule is COc1ccc(-c2nc(CN(Cc3noc(-c4ccc(OC)cc4)n3)CC(CCl)n3nc(C)cc3C)no2)cc1. The van der Waals surface area contributed by atoms with Crippen molar-refractivity contribution in [3.63, 3.8) is 0 Å². The van der Waals surface area contributed by atoms with Crippen LogP contribution < -0.4 is 9.47 Å². The van der Waals surface area contributed by atoms with Crippen LogP contribution in [-0.2, 0) is 13.1 Å². The van der Waals surface area contributed by atoms with E-state index >= 15 is 0 Å². The molecule has 0 spiro atoms. The van der Waals surface area contributed by atoms with Gasteiger partial charge in [-0.2, -0.15) is 15.1 Å². The molecule has 208 valence electrons. The topological polar surface area (TPSA) is 117 Å². The monoisotopic (exact) mass is 563 g/mol. The van der Waals surface area contributed by atoms with E-state index in [1.807, 2.05) is 73.1 Å². The molecule has 5 rings (SSSR count). The first-order valence-electron chi connectivity index (χ1n) is 12.7. The van der Waals surface area contributed by atoms with E-state index in [4.69, 9.17) is 30.1 Å². The summed E-state index contributed by atoms with van der Waals surface area (Å²) in [5, 5.41) is 13.1. The van der Waals surface area contributed by atoms with Gasteiger partial charge in [-0.1, -0.05) is 10.3 Å². The van der Waals surface area contributed by atoms with Crippen LogP contribution in [0, 0.1) is 13.8 Å². The first kappa shape index (κ1) is 27.4. The molecule has 0 bridgehead atoms. The maximum Gasteiger partial charge on any atom is 0.257 e. The van der Waals surface area contributed by atoms with Crippen LogP contribution >= 0.6 is 11.6 Å². The molecule has 0 fully saturated rings. The Labute approximate surface area is 236 Å². The number of alkyl halides is 1. The lowest BCUT2D eigenvalue weighted by molar-refractivity contribution is 0.201. The molecular weight excluding hydrogens is 534 g/mol. The summed E-state index contributed by atoms with van der Waals surface area (Å²) in [7, 11) is 3.25.